The van der Waals surface area contributed by atoms with Crippen molar-refractivity contribution in [3.63, 3.8) is 0 Å². The molecule has 0 unspecified atom stereocenters. The summed E-state index contributed by atoms with van der Waals surface area (Å²) in [4.78, 5) is 17.0. The molecule has 0 spiro atoms. The molecule has 0 atom stereocenters. The number of amides is 1. The second-order valence-corrected chi connectivity index (χ2v) is 5.88. The summed E-state index contributed by atoms with van der Waals surface area (Å²) in [6.07, 6.45) is 0. The number of hydrogen-bond donors (Lipinski definition) is 2. The second-order valence-electron chi connectivity index (χ2n) is 4.94. The minimum atomic E-state index is -0.0119. The van der Waals surface area contributed by atoms with Crippen molar-refractivity contribution in [2.45, 2.75) is 27.3 Å². The first-order valence-corrected chi connectivity index (χ1v) is 7.48. The van der Waals surface area contributed by atoms with Crippen LogP contribution < -0.4 is 10.6 Å². The van der Waals surface area contributed by atoms with Crippen molar-refractivity contribution in [1.29, 1.82) is 0 Å². The van der Waals surface area contributed by atoms with Gasteiger partial charge in [-0.25, -0.2) is 4.98 Å². The molecule has 0 radical (unpaired) electrons. The van der Waals surface area contributed by atoms with Crippen LogP contribution in [-0.4, -0.2) is 10.9 Å². The number of aromatic nitrogens is 1. The Morgan fingerprint density at radius 3 is 2.45 bits per heavy atom. The Labute approximate surface area is 123 Å². The maximum atomic E-state index is 11.6. The van der Waals surface area contributed by atoms with E-state index in [1.165, 1.54) is 4.88 Å². The van der Waals surface area contributed by atoms with Crippen molar-refractivity contribution in [3.05, 3.63) is 40.3 Å². The normalized spacial score (nSPS) is 10.6. The number of anilines is 2. The number of hydrogen-bond acceptors (Lipinski definition) is 4. The number of carbonyl (C=O) groups excluding carboxylic acids is 1. The summed E-state index contributed by atoms with van der Waals surface area (Å²) in [6.45, 7) is 6.54. The fraction of sp³-hybridized carbons (Fsp3) is 0.333. The average molecular weight is 289 g/mol. The summed E-state index contributed by atoms with van der Waals surface area (Å²) in [5, 5.41) is 6.22. The van der Waals surface area contributed by atoms with Crippen LogP contribution in [0.1, 0.15) is 24.4 Å². The van der Waals surface area contributed by atoms with Gasteiger partial charge in [-0.15, -0.1) is 11.3 Å². The lowest BCUT2D eigenvalue weighted by Gasteiger charge is -2.09. The first-order chi connectivity index (χ1) is 9.56. The van der Waals surface area contributed by atoms with Gasteiger partial charge in [0, 0.05) is 22.2 Å². The molecule has 0 aliphatic rings. The van der Waals surface area contributed by atoms with Gasteiger partial charge in [0.05, 0.1) is 17.7 Å². The lowest BCUT2D eigenvalue weighted by molar-refractivity contribution is -0.118. The molecule has 0 bridgehead atoms. The molecule has 4 nitrogen and oxygen atoms in total. The number of aryl methyl sites for hydroxylation is 1. The van der Waals surface area contributed by atoms with E-state index in [0.29, 0.717) is 0 Å². The van der Waals surface area contributed by atoms with E-state index in [1.54, 1.807) is 11.3 Å². The molecule has 1 heterocycles. The molecule has 1 aromatic carbocycles. The second kappa shape index (κ2) is 6.52. The maximum Gasteiger partial charge on any atom is 0.226 e. The molecule has 2 aromatic rings. The maximum absolute atomic E-state index is 11.6. The third-order valence-electron chi connectivity index (χ3n) is 2.97. The van der Waals surface area contributed by atoms with E-state index in [4.69, 9.17) is 0 Å². The van der Waals surface area contributed by atoms with Gasteiger partial charge in [-0.3, -0.25) is 4.79 Å². The predicted octanol–water partition coefficient (Wildman–Crippen LogP) is 3.66. The summed E-state index contributed by atoms with van der Waals surface area (Å²) in [5.74, 6) is 0.0214. The Balaban J connectivity index is 1.91. The monoisotopic (exact) mass is 289 g/mol. The predicted molar refractivity (Wildman–Crippen MR) is 84.1 cm³/mol. The summed E-state index contributed by atoms with van der Waals surface area (Å²) in [7, 11) is 0. The van der Waals surface area contributed by atoms with E-state index in [1.807, 2.05) is 50.5 Å². The minimum Gasteiger partial charge on any atom is -0.380 e. The van der Waals surface area contributed by atoms with Gasteiger partial charge in [-0.2, -0.15) is 0 Å². The highest BCUT2D eigenvalue weighted by atomic mass is 32.1. The minimum absolute atomic E-state index is 0.0119. The highest BCUT2D eigenvalue weighted by molar-refractivity contribution is 7.09. The Hall–Kier alpha value is -1.88. The Morgan fingerprint density at radius 2 is 1.90 bits per heavy atom. The van der Waals surface area contributed by atoms with Crippen LogP contribution in [0.15, 0.2) is 29.8 Å². The zero-order valence-electron chi connectivity index (χ0n) is 11.9. The molecule has 0 aliphatic heterocycles. The van der Waals surface area contributed by atoms with E-state index >= 15 is 0 Å². The van der Waals surface area contributed by atoms with Gasteiger partial charge in [0.2, 0.25) is 5.91 Å². The molecule has 1 aromatic heterocycles. The van der Waals surface area contributed by atoms with Crippen LogP contribution in [0.25, 0.3) is 0 Å². The number of thiazole rings is 1. The largest absolute Gasteiger partial charge is 0.380 e. The first kappa shape index (κ1) is 14.5. The van der Waals surface area contributed by atoms with Crippen LogP contribution in [0.3, 0.4) is 0 Å². The third-order valence-corrected chi connectivity index (χ3v) is 3.91. The Kier molecular flexibility index (Phi) is 4.74. The van der Waals surface area contributed by atoms with Crippen molar-refractivity contribution < 1.29 is 4.79 Å². The molecular weight excluding hydrogens is 270 g/mol. The summed E-state index contributed by atoms with van der Waals surface area (Å²) < 4.78 is 0. The topological polar surface area (TPSA) is 54.0 Å². The van der Waals surface area contributed by atoms with Gasteiger partial charge in [0.15, 0.2) is 0 Å². The van der Waals surface area contributed by atoms with E-state index in [-0.39, 0.29) is 11.8 Å². The molecule has 1 amide bonds. The van der Waals surface area contributed by atoms with Crippen molar-refractivity contribution in [1.82, 2.24) is 4.98 Å². The van der Waals surface area contributed by atoms with Gasteiger partial charge in [-0.05, 0) is 31.2 Å². The number of rotatable bonds is 5. The third kappa shape index (κ3) is 3.81. The number of nitrogens with zero attached hydrogens (tertiary/aromatic N) is 1. The SMILES string of the molecule is Cc1ncsc1CNc1ccc(NC(=O)C(C)C)cc1. The summed E-state index contributed by atoms with van der Waals surface area (Å²) >= 11 is 1.65. The quantitative estimate of drug-likeness (QED) is 0.883. The van der Waals surface area contributed by atoms with Crippen molar-refractivity contribution in [2.24, 2.45) is 5.92 Å². The molecule has 0 saturated heterocycles. The molecule has 5 heteroatoms. The molecule has 0 aliphatic carbocycles. The van der Waals surface area contributed by atoms with E-state index < -0.39 is 0 Å². The molecule has 0 saturated carbocycles. The molecule has 0 fully saturated rings. The van der Waals surface area contributed by atoms with Crippen LogP contribution in [0, 0.1) is 12.8 Å². The summed E-state index contributed by atoms with van der Waals surface area (Å²) in [6, 6.07) is 7.74. The van der Waals surface area contributed by atoms with E-state index in [9.17, 15) is 4.79 Å². The van der Waals surface area contributed by atoms with Crippen molar-refractivity contribution >= 4 is 28.6 Å². The fourth-order valence-corrected chi connectivity index (χ4v) is 2.35. The highest BCUT2D eigenvalue weighted by Crippen LogP contribution is 2.17. The standard InChI is InChI=1S/C15H19N3OS/c1-10(2)15(19)18-13-6-4-12(5-7-13)16-8-14-11(3)17-9-20-14/h4-7,9-10,16H,8H2,1-3H3,(H,18,19). The van der Waals surface area contributed by atoms with Gasteiger partial charge in [0.1, 0.15) is 0 Å². The van der Waals surface area contributed by atoms with E-state index in [0.717, 1.165) is 23.6 Å². The van der Waals surface area contributed by atoms with E-state index in [2.05, 4.69) is 15.6 Å². The molecule has 2 N–H and O–H groups in total. The van der Waals surface area contributed by atoms with Crippen LogP contribution >= 0.6 is 11.3 Å². The lowest BCUT2D eigenvalue weighted by Crippen LogP contribution is -2.17. The molecule has 106 valence electrons. The Bertz CT molecular complexity index is 575. The average Bonchev–Trinajstić information content (AvgIpc) is 2.83. The van der Waals surface area contributed by atoms with Crippen molar-refractivity contribution in [2.75, 3.05) is 10.6 Å². The number of benzene rings is 1. The van der Waals surface area contributed by atoms with Gasteiger partial charge >= 0.3 is 0 Å². The van der Waals surface area contributed by atoms with Gasteiger partial charge in [0.25, 0.3) is 0 Å². The smallest absolute Gasteiger partial charge is 0.226 e. The lowest BCUT2D eigenvalue weighted by atomic mass is 10.2. The molecular formula is C15H19N3OS. The zero-order valence-corrected chi connectivity index (χ0v) is 12.8. The molecule has 20 heavy (non-hydrogen) atoms. The van der Waals surface area contributed by atoms with Crippen LogP contribution in [-0.2, 0) is 11.3 Å². The zero-order chi connectivity index (χ0) is 14.5. The highest BCUT2D eigenvalue weighted by Gasteiger charge is 2.06. The fourth-order valence-electron chi connectivity index (χ4n) is 1.64. The van der Waals surface area contributed by atoms with Crippen LogP contribution in [0.5, 0.6) is 0 Å². The number of carbonyl (C=O) groups is 1. The summed E-state index contributed by atoms with van der Waals surface area (Å²) in [5.41, 5.74) is 4.78. The molecule has 2 rings (SSSR count). The number of nitrogens with one attached hydrogen (secondary N) is 2. The first-order valence-electron chi connectivity index (χ1n) is 6.60. The van der Waals surface area contributed by atoms with Gasteiger partial charge < -0.3 is 10.6 Å². The van der Waals surface area contributed by atoms with Crippen molar-refractivity contribution in [3.8, 4) is 0 Å². The van der Waals surface area contributed by atoms with Crippen LogP contribution in [0.2, 0.25) is 0 Å². The van der Waals surface area contributed by atoms with Crippen LogP contribution in [0.4, 0.5) is 11.4 Å². The Morgan fingerprint density at radius 1 is 1.25 bits per heavy atom. The van der Waals surface area contributed by atoms with Gasteiger partial charge in [-0.1, -0.05) is 13.8 Å².